The number of nitrogens with one attached hydrogen (secondary N) is 2. The Morgan fingerprint density at radius 2 is 2.10 bits per heavy atom. The van der Waals surface area contributed by atoms with E-state index in [0.29, 0.717) is 21.9 Å². The maximum absolute atomic E-state index is 12.6. The molecule has 5 nitrogen and oxygen atoms in total. The fourth-order valence-corrected chi connectivity index (χ4v) is 2.95. The highest BCUT2D eigenvalue weighted by Gasteiger charge is 2.30. The number of aromatic amines is 1. The van der Waals surface area contributed by atoms with Crippen molar-refractivity contribution in [3.63, 3.8) is 0 Å². The number of H-pyrrole nitrogens is 1. The molecule has 10 heteroatoms. The van der Waals surface area contributed by atoms with E-state index in [4.69, 9.17) is 0 Å². The van der Waals surface area contributed by atoms with Crippen LogP contribution in [0, 0.1) is 0 Å². The van der Waals surface area contributed by atoms with Crippen molar-refractivity contribution < 1.29 is 21.6 Å². The molecule has 1 heterocycles. The monoisotopic (exact) mass is 339 g/mol. The van der Waals surface area contributed by atoms with Gasteiger partial charge in [-0.1, -0.05) is 11.8 Å². The van der Waals surface area contributed by atoms with Gasteiger partial charge in [0.1, 0.15) is 0 Å². The van der Waals surface area contributed by atoms with Gasteiger partial charge in [-0.3, -0.25) is 0 Å². The van der Waals surface area contributed by atoms with Crippen molar-refractivity contribution in [2.75, 3.05) is 18.6 Å². The van der Waals surface area contributed by atoms with E-state index in [2.05, 4.69) is 14.7 Å². The molecule has 0 aliphatic heterocycles. The van der Waals surface area contributed by atoms with Crippen molar-refractivity contribution in [2.24, 2.45) is 0 Å². The van der Waals surface area contributed by atoms with E-state index in [1.807, 2.05) is 0 Å². The minimum Gasteiger partial charge on any atom is -0.333 e. The second kappa shape index (κ2) is 5.85. The van der Waals surface area contributed by atoms with Gasteiger partial charge >= 0.3 is 6.18 Å². The summed E-state index contributed by atoms with van der Waals surface area (Å²) in [5.74, 6) is 0.416. The topological polar surface area (TPSA) is 74.8 Å². The summed E-state index contributed by atoms with van der Waals surface area (Å²) >= 11 is 1.23. The molecule has 2 aromatic rings. The molecule has 0 amide bonds. The highest BCUT2D eigenvalue weighted by Crippen LogP contribution is 2.31. The minimum absolute atomic E-state index is 0.217. The molecular weight excluding hydrogens is 327 g/mol. The normalized spacial score (nSPS) is 13.0. The number of hydrogen-bond donors (Lipinski definition) is 2. The molecule has 1 aromatic heterocycles. The maximum atomic E-state index is 12.6. The van der Waals surface area contributed by atoms with Crippen LogP contribution in [-0.4, -0.2) is 36.9 Å². The smallest absolute Gasteiger partial charge is 0.333 e. The van der Waals surface area contributed by atoms with E-state index in [1.54, 1.807) is 0 Å². The highest BCUT2D eigenvalue weighted by atomic mass is 32.2. The number of aromatic nitrogens is 2. The van der Waals surface area contributed by atoms with Crippen molar-refractivity contribution in [3.8, 4) is 0 Å². The summed E-state index contributed by atoms with van der Waals surface area (Å²) in [6, 6.07) is 3.28. The van der Waals surface area contributed by atoms with Gasteiger partial charge in [-0.15, -0.1) is 0 Å². The molecule has 0 spiro atoms. The van der Waals surface area contributed by atoms with E-state index in [1.165, 1.54) is 17.8 Å². The molecule has 2 rings (SSSR count). The predicted molar refractivity (Wildman–Crippen MR) is 74.7 cm³/mol. The summed E-state index contributed by atoms with van der Waals surface area (Å²) in [5.41, 5.74) is -0.0149. The second-order valence-corrected chi connectivity index (χ2v) is 7.20. The summed E-state index contributed by atoms with van der Waals surface area (Å²) in [6.45, 7) is 0.217. The Balaban J connectivity index is 2.05. The lowest BCUT2D eigenvalue weighted by Gasteiger charge is -2.05. The van der Waals surface area contributed by atoms with Crippen molar-refractivity contribution in [1.82, 2.24) is 14.7 Å². The van der Waals surface area contributed by atoms with Crippen molar-refractivity contribution in [1.29, 1.82) is 0 Å². The summed E-state index contributed by atoms with van der Waals surface area (Å²) in [5, 5.41) is 0.444. The van der Waals surface area contributed by atoms with E-state index in [0.717, 1.165) is 18.4 Å². The fraction of sp³-hybridized carbons (Fsp3) is 0.364. The number of hydrogen-bond acceptors (Lipinski definition) is 4. The quantitative estimate of drug-likeness (QED) is 0.647. The van der Waals surface area contributed by atoms with Gasteiger partial charge in [0.15, 0.2) is 5.16 Å². The molecule has 0 unspecified atom stereocenters. The summed E-state index contributed by atoms with van der Waals surface area (Å²) < 4.78 is 61.8. The van der Waals surface area contributed by atoms with Crippen LogP contribution in [0.5, 0.6) is 0 Å². The van der Waals surface area contributed by atoms with Crippen LogP contribution in [0.25, 0.3) is 11.0 Å². The van der Waals surface area contributed by atoms with Crippen LogP contribution in [0.3, 0.4) is 0 Å². The lowest BCUT2D eigenvalue weighted by Crippen LogP contribution is -2.24. The average Bonchev–Trinajstić information content (AvgIpc) is 2.74. The van der Waals surface area contributed by atoms with E-state index in [-0.39, 0.29) is 6.54 Å². The Kier molecular flexibility index (Phi) is 4.49. The first-order valence-corrected chi connectivity index (χ1v) is 8.67. The van der Waals surface area contributed by atoms with Gasteiger partial charge in [0.25, 0.3) is 0 Å². The zero-order valence-electron chi connectivity index (χ0n) is 10.9. The zero-order chi connectivity index (χ0) is 15.7. The number of imidazole rings is 1. The van der Waals surface area contributed by atoms with Crippen LogP contribution in [0.1, 0.15) is 5.56 Å². The molecule has 0 aliphatic carbocycles. The molecule has 1 aromatic carbocycles. The van der Waals surface area contributed by atoms with Crippen LogP contribution in [0.2, 0.25) is 0 Å². The van der Waals surface area contributed by atoms with Gasteiger partial charge in [-0.05, 0) is 18.2 Å². The van der Waals surface area contributed by atoms with Gasteiger partial charge in [0, 0.05) is 12.3 Å². The number of thioether (sulfide) groups is 1. The Morgan fingerprint density at radius 3 is 2.71 bits per heavy atom. The summed E-state index contributed by atoms with van der Waals surface area (Å²) in [7, 11) is -3.24. The van der Waals surface area contributed by atoms with E-state index in [9.17, 15) is 21.6 Å². The van der Waals surface area contributed by atoms with Crippen LogP contribution < -0.4 is 4.72 Å². The van der Waals surface area contributed by atoms with E-state index < -0.39 is 21.8 Å². The van der Waals surface area contributed by atoms with Gasteiger partial charge < -0.3 is 4.98 Å². The molecular formula is C11H12F3N3O2S2. The standard InChI is InChI=1S/C11H12F3N3O2S2/c1-21(18,19)15-4-5-20-10-16-8-3-2-7(11(12,13)14)6-9(8)17-10/h2-3,6,15H,4-5H2,1H3,(H,16,17). The molecule has 21 heavy (non-hydrogen) atoms. The number of benzene rings is 1. The third-order valence-corrected chi connectivity index (χ3v) is 4.10. The van der Waals surface area contributed by atoms with Gasteiger partial charge in [0.05, 0.1) is 22.9 Å². The van der Waals surface area contributed by atoms with Crippen molar-refractivity contribution in [2.45, 2.75) is 11.3 Å². The average molecular weight is 339 g/mol. The first-order valence-electron chi connectivity index (χ1n) is 5.79. The SMILES string of the molecule is CS(=O)(=O)NCCSc1nc2ccc(C(F)(F)F)cc2[nH]1. The summed E-state index contributed by atoms with van der Waals surface area (Å²) in [6.07, 6.45) is -3.34. The highest BCUT2D eigenvalue weighted by molar-refractivity contribution is 7.99. The molecule has 0 aliphatic rings. The molecule has 116 valence electrons. The maximum Gasteiger partial charge on any atom is 0.416 e. The summed E-state index contributed by atoms with van der Waals surface area (Å²) in [4.78, 5) is 6.91. The Bertz CT molecular complexity index is 741. The molecule has 0 fully saturated rings. The Labute approximate surface area is 123 Å². The fourth-order valence-electron chi connectivity index (χ4n) is 1.61. The van der Waals surface area contributed by atoms with Gasteiger partial charge in [-0.25, -0.2) is 18.1 Å². The second-order valence-electron chi connectivity index (χ2n) is 4.29. The van der Waals surface area contributed by atoms with Crippen LogP contribution >= 0.6 is 11.8 Å². The van der Waals surface area contributed by atoms with Crippen LogP contribution in [0.4, 0.5) is 13.2 Å². The number of rotatable bonds is 5. The third kappa shape index (κ3) is 4.61. The zero-order valence-corrected chi connectivity index (χ0v) is 12.5. The third-order valence-electron chi connectivity index (χ3n) is 2.49. The van der Waals surface area contributed by atoms with E-state index >= 15 is 0 Å². The van der Waals surface area contributed by atoms with Crippen LogP contribution in [0.15, 0.2) is 23.4 Å². The molecule has 0 saturated carbocycles. The first kappa shape index (κ1) is 16.1. The van der Waals surface area contributed by atoms with Crippen molar-refractivity contribution in [3.05, 3.63) is 23.8 Å². The lowest BCUT2D eigenvalue weighted by molar-refractivity contribution is -0.137. The minimum atomic E-state index is -4.40. The van der Waals surface area contributed by atoms with Crippen molar-refractivity contribution >= 4 is 32.8 Å². The number of fused-ring (bicyclic) bond motifs is 1. The van der Waals surface area contributed by atoms with Crippen LogP contribution in [-0.2, 0) is 16.2 Å². The number of halogens is 3. The predicted octanol–water partition coefficient (Wildman–Crippen LogP) is 2.22. The molecule has 2 N–H and O–H groups in total. The Morgan fingerprint density at radius 1 is 1.38 bits per heavy atom. The molecule has 0 bridgehead atoms. The van der Waals surface area contributed by atoms with Gasteiger partial charge in [0.2, 0.25) is 10.0 Å². The largest absolute Gasteiger partial charge is 0.416 e. The lowest BCUT2D eigenvalue weighted by atomic mass is 10.2. The molecule has 0 radical (unpaired) electrons. The van der Waals surface area contributed by atoms with Gasteiger partial charge in [-0.2, -0.15) is 13.2 Å². The number of nitrogens with zero attached hydrogens (tertiary/aromatic N) is 1. The molecule has 0 saturated heterocycles. The first-order chi connectivity index (χ1) is 9.65. The number of alkyl halides is 3. The molecule has 0 atom stereocenters. The number of sulfonamides is 1. The Hall–Kier alpha value is -1.26.